The van der Waals surface area contributed by atoms with Gasteiger partial charge in [-0.15, -0.1) is 0 Å². The number of hydrogen-bond acceptors (Lipinski definition) is 2. The molecule has 102 valence electrons. The Kier molecular flexibility index (Phi) is 3.86. The fourth-order valence-electron chi connectivity index (χ4n) is 3.84. The van der Waals surface area contributed by atoms with Crippen molar-refractivity contribution in [2.45, 2.75) is 59.4 Å². The molecule has 0 spiro atoms. The van der Waals surface area contributed by atoms with Crippen LogP contribution in [0.5, 0.6) is 0 Å². The van der Waals surface area contributed by atoms with E-state index in [-0.39, 0.29) is 0 Å². The van der Waals surface area contributed by atoms with Gasteiger partial charge < -0.3 is 9.73 Å². The van der Waals surface area contributed by atoms with Gasteiger partial charge in [0.05, 0.1) is 6.26 Å². The van der Waals surface area contributed by atoms with Gasteiger partial charge in [0.15, 0.2) is 0 Å². The molecular weight excluding hydrogens is 222 g/mol. The maximum atomic E-state index is 5.36. The fourth-order valence-corrected chi connectivity index (χ4v) is 3.84. The Morgan fingerprint density at radius 3 is 2.44 bits per heavy atom. The molecule has 0 radical (unpaired) electrons. The first-order valence-corrected chi connectivity index (χ1v) is 7.12. The van der Waals surface area contributed by atoms with E-state index in [9.17, 15) is 0 Å². The first kappa shape index (κ1) is 13.7. The fraction of sp³-hybridized carbons (Fsp3) is 0.750. The quantitative estimate of drug-likeness (QED) is 0.872. The highest BCUT2D eigenvalue weighted by Crippen LogP contribution is 2.45. The minimum atomic E-state index is 0.462. The normalized spacial score (nSPS) is 23.1. The Hall–Kier alpha value is -0.760. The van der Waals surface area contributed by atoms with Crippen LogP contribution in [0.2, 0.25) is 0 Å². The third kappa shape index (κ3) is 3.88. The lowest BCUT2D eigenvalue weighted by molar-refractivity contribution is 0.0853. The molecule has 1 aromatic rings. The summed E-state index contributed by atoms with van der Waals surface area (Å²) >= 11 is 0. The average molecular weight is 249 g/mol. The molecule has 0 aliphatic heterocycles. The smallest absolute Gasteiger partial charge is 0.105 e. The molecule has 2 heteroatoms. The van der Waals surface area contributed by atoms with Gasteiger partial charge in [-0.3, -0.25) is 0 Å². The molecule has 18 heavy (non-hydrogen) atoms. The Balaban J connectivity index is 1.82. The number of furan rings is 1. The van der Waals surface area contributed by atoms with Gasteiger partial charge in [-0.2, -0.15) is 0 Å². The van der Waals surface area contributed by atoms with Gasteiger partial charge in [-0.25, -0.2) is 0 Å². The lowest BCUT2D eigenvalue weighted by Gasteiger charge is -2.45. The van der Waals surface area contributed by atoms with Gasteiger partial charge in [-0.05, 0) is 42.2 Å². The van der Waals surface area contributed by atoms with Crippen molar-refractivity contribution in [3.8, 4) is 0 Å². The molecule has 0 atom stereocenters. The topological polar surface area (TPSA) is 25.2 Å². The predicted molar refractivity (Wildman–Crippen MR) is 75.6 cm³/mol. The summed E-state index contributed by atoms with van der Waals surface area (Å²) < 4.78 is 5.36. The van der Waals surface area contributed by atoms with Crippen LogP contribution < -0.4 is 5.32 Å². The minimum absolute atomic E-state index is 0.462. The van der Waals surface area contributed by atoms with E-state index in [0.717, 1.165) is 18.7 Å². The molecule has 2 rings (SSSR count). The highest BCUT2D eigenvalue weighted by Gasteiger charge is 2.37. The van der Waals surface area contributed by atoms with Crippen LogP contribution in [0, 0.1) is 10.8 Å². The zero-order chi connectivity index (χ0) is 13.2. The van der Waals surface area contributed by atoms with E-state index in [4.69, 9.17) is 4.42 Å². The molecule has 1 fully saturated rings. The van der Waals surface area contributed by atoms with Gasteiger partial charge in [0, 0.05) is 19.0 Å². The summed E-state index contributed by atoms with van der Waals surface area (Å²) in [6, 6.07) is 4.66. The lowest BCUT2D eigenvalue weighted by atomic mass is 9.63. The van der Waals surface area contributed by atoms with Gasteiger partial charge in [0.2, 0.25) is 0 Å². The average Bonchev–Trinajstić information content (AvgIpc) is 2.65. The second-order valence-electron chi connectivity index (χ2n) is 7.39. The highest BCUT2D eigenvalue weighted by atomic mass is 16.3. The largest absolute Gasteiger partial charge is 0.469 e. The van der Waals surface area contributed by atoms with Crippen molar-refractivity contribution in [3.63, 3.8) is 0 Å². The van der Waals surface area contributed by atoms with E-state index in [1.807, 2.05) is 6.07 Å². The summed E-state index contributed by atoms with van der Waals surface area (Å²) in [5.74, 6) is 1.08. The Labute approximate surface area is 111 Å². The second kappa shape index (κ2) is 5.08. The molecule has 1 heterocycles. The first-order valence-electron chi connectivity index (χ1n) is 7.12. The summed E-state index contributed by atoms with van der Waals surface area (Å²) in [7, 11) is 0. The minimum Gasteiger partial charge on any atom is -0.469 e. The Bertz CT molecular complexity index is 348. The van der Waals surface area contributed by atoms with Crippen molar-refractivity contribution in [3.05, 3.63) is 24.2 Å². The zero-order valence-electron chi connectivity index (χ0n) is 12.3. The first-order chi connectivity index (χ1) is 8.36. The number of hydrogen-bond donors (Lipinski definition) is 1. The van der Waals surface area contributed by atoms with Crippen molar-refractivity contribution in [2.24, 2.45) is 10.8 Å². The van der Waals surface area contributed by atoms with E-state index in [2.05, 4.69) is 39.1 Å². The van der Waals surface area contributed by atoms with E-state index < -0.39 is 0 Å². The molecule has 2 nitrogen and oxygen atoms in total. The summed E-state index contributed by atoms with van der Waals surface area (Å²) in [6.07, 6.45) is 6.64. The Morgan fingerprint density at radius 1 is 1.22 bits per heavy atom. The molecule has 0 aromatic carbocycles. The SMILES string of the molecule is CC1(C)CC(NCCc2ccco2)CC(C)(C)C1. The maximum absolute atomic E-state index is 5.36. The Morgan fingerprint density at radius 2 is 1.89 bits per heavy atom. The van der Waals surface area contributed by atoms with Gasteiger partial charge >= 0.3 is 0 Å². The van der Waals surface area contributed by atoms with Crippen molar-refractivity contribution in [2.75, 3.05) is 6.54 Å². The third-order valence-electron chi connectivity index (χ3n) is 3.94. The van der Waals surface area contributed by atoms with E-state index in [1.165, 1.54) is 19.3 Å². The predicted octanol–water partition coefficient (Wildman–Crippen LogP) is 4.02. The van der Waals surface area contributed by atoms with Crippen LogP contribution in [0.15, 0.2) is 22.8 Å². The molecule has 0 saturated heterocycles. The van der Waals surface area contributed by atoms with Gasteiger partial charge in [-0.1, -0.05) is 27.7 Å². The molecule has 1 aliphatic rings. The van der Waals surface area contributed by atoms with Crippen LogP contribution >= 0.6 is 0 Å². The van der Waals surface area contributed by atoms with Crippen molar-refractivity contribution in [1.82, 2.24) is 5.32 Å². The summed E-state index contributed by atoms with van der Waals surface area (Å²) in [5.41, 5.74) is 0.925. The molecule has 1 N–H and O–H groups in total. The van der Waals surface area contributed by atoms with Crippen LogP contribution in [0.4, 0.5) is 0 Å². The van der Waals surface area contributed by atoms with E-state index in [1.54, 1.807) is 6.26 Å². The third-order valence-corrected chi connectivity index (χ3v) is 3.94. The maximum Gasteiger partial charge on any atom is 0.105 e. The molecule has 0 unspecified atom stereocenters. The summed E-state index contributed by atoms with van der Waals surface area (Å²) in [6.45, 7) is 10.6. The number of nitrogens with one attached hydrogen (secondary N) is 1. The summed E-state index contributed by atoms with van der Waals surface area (Å²) in [4.78, 5) is 0. The molecular formula is C16H27NO. The lowest BCUT2D eigenvalue weighted by Crippen LogP contribution is -2.44. The summed E-state index contributed by atoms with van der Waals surface area (Å²) in [5, 5.41) is 3.71. The van der Waals surface area contributed by atoms with Crippen LogP contribution in [0.1, 0.15) is 52.7 Å². The molecule has 0 bridgehead atoms. The van der Waals surface area contributed by atoms with Crippen LogP contribution in [-0.4, -0.2) is 12.6 Å². The van der Waals surface area contributed by atoms with E-state index >= 15 is 0 Å². The van der Waals surface area contributed by atoms with Gasteiger partial charge in [0.1, 0.15) is 5.76 Å². The van der Waals surface area contributed by atoms with Crippen molar-refractivity contribution < 1.29 is 4.42 Å². The molecule has 1 aliphatic carbocycles. The zero-order valence-corrected chi connectivity index (χ0v) is 12.3. The van der Waals surface area contributed by atoms with E-state index in [0.29, 0.717) is 16.9 Å². The molecule has 1 aromatic heterocycles. The van der Waals surface area contributed by atoms with Gasteiger partial charge in [0.25, 0.3) is 0 Å². The van der Waals surface area contributed by atoms with Crippen molar-refractivity contribution in [1.29, 1.82) is 0 Å². The second-order valence-corrected chi connectivity index (χ2v) is 7.39. The van der Waals surface area contributed by atoms with Crippen LogP contribution in [0.25, 0.3) is 0 Å². The number of rotatable bonds is 4. The van der Waals surface area contributed by atoms with Crippen molar-refractivity contribution >= 4 is 0 Å². The highest BCUT2D eigenvalue weighted by molar-refractivity contribution is 4.99. The van der Waals surface area contributed by atoms with Crippen LogP contribution in [-0.2, 0) is 6.42 Å². The molecule has 0 amide bonds. The standard InChI is InChI=1S/C16H27NO/c1-15(2)10-13(11-16(3,4)12-15)17-8-7-14-6-5-9-18-14/h5-6,9,13,17H,7-8,10-12H2,1-4H3. The monoisotopic (exact) mass is 249 g/mol. The van der Waals surface area contributed by atoms with Crippen LogP contribution in [0.3, 0.4) is 0 Å². The molecule has 1 saturated carbocycles.